The highest BCUT2D eigenvalue weighted by Crippen LogP contribution is 2.34. The minimum absolute atomic E-state index is 0.0532. The molecule has 0 bridgehead atoms. The molecule has 0 radical (unpaired) electrons. The third-order valence-electron chi connectivity index (χ3n) is 3.81. The minimum atomic E-state index is -0.387. The summed E-state index contributed by atoms with van der Waals surface area (Å²) in [5, 5.41) is 0. The van der Waals surface area contributed by atoms with Gasteiger partial charge in [-0.3, -0.25) is 0 Å². The molecule has 0 amide bonds. The molecule has 1 saturated heterocycles. The number of benzene rings is 1. The number of nitrogens with two attached hydrogens (primary N) is 1. The number of hydrogen-bond acceptors (Lipinski definition) is 3. The van der Waals surface area contributed by atoms with Gasteiger partial charge < -0.3 is 15.4 Å². The van der Waals surface area contributed by atoms with Gasteiger partial charge in [-0.1, -0.05) is 12.8 Å². The number of anilines is 2. The smallest absolute Gasteiger partial charge is 0.167 e. The zero-order valence-corrected chi connectivity index (χ0v) is 12.7. The predicted octanol–water partition coefficient (Wildman–Crippen LogP) is 3.96. The largest absolute Gasteiger partial charge is 0.488 e. The molecule has 112 valence electrons. The first kappa shape index (κ1) is 14.9. The zero-order valence-electron chi connectivity index (χ0n) is 12.7. The third-order valence-corrected chi connectivity index (χ3v) is 3.81. The van der Waals surface area contributed by atoms with Crippen LogP contribution < -0.4 is 15.4 Å². The fraction of sp³-hybridized carbons (Fsp3) is 0.625. The molecule has 1 unspecified atom stereocenters. The Balaban J connectivity index is 2.33. The van der Waals surface area contributed by atoms with E-state index in [0.29, 0.717) is 17.5 Å². The summed E-state index contributed by atoms with van der Waals surface area (Å²) in [4.78, 5) is 2.29. The van der Waals surface area contributed by atoms with Crippen LogP contribution in [-0.2, 0) is 0 Å². The van der Waals surface area contributed by atoms with E-state index in [2.05, 4.69) is 11.8 Å². The lowest BCUT2D eigenvalue weighted by molar-refractivity contribution is 0.231. The van der Waals surface area contributed by atoms with Crippen LogP contribution in [0.15, 0.2) is 12.1 Å². The van der Waals surface area contributed by atoms with Crippen molar-refractivity contribution in [2.24, 2.45) is 0 Å². The van der Waals surface area contributed by atoms with E-state index in [1.165, 1.54) is 18.9 Å². The molecule has 0 saturated carbocycles. The van der Waals surface area contributed by atoms with Gasteiger partial charge in [0.1, 0.15) is 0 Å². The summed E-state index contributed by atoms with van der Waals surface area (Å²) in [7, 11) is 0. The molecule has 1 aromatic rings. The van der Waals surface area contributed by atoms with Gasteiger partial charge in [0.05, 0.1) is 17.5 Å². The molecule has 3 nitrogen and oxygen atoms in total. The molecule has 1 fully saturated rings. The minimum Gasteiger partial charge on any atom is -0.488 e. The molecule has 20 heavy (non-hydrogen) atoms. The van der Waals surface area contributed by atoms with Crippen molar-refractivity contribution in [1.82, 2.24) is 0 Å². The van der Waals surface area contributed by atoms with Crippen molar-refractivity contribution in [1.29, 1.82) is 0 Å². The summed E-state index contributed by atoms with van der Waals surface area (Å²) >= 11 is 0. The Hall–Kier alpha value is -1.45. The highest BCUT2D eigenvalue weighted by Gasteiger charge is 2.21. The Morgan fingerprint density at radius 3 is 2.75 bits per heavy atom. The first-order chi connectivity index (χ1) is 9.49. The van der Waals surface area contributed by atoms with Crippen LogP contribution in [0.25, 0.3) is 0 Å². The summed E-state index contributed by atoms with van der Waals surface area (Å²) in [6.07, 6.45) is 4.74. The molecule has 1 aliphatic rings. The number of halogens is 1. The monoisotopic (exact) mass is 280 g/mol. The van der Waals surface area contributed by atoms with Crippen molar-refractivity contribution in [3.63, 3.8) is 0 Å². The maximum absolute atomic E-state index is 13.9. The number of hydrogen-bond donors (Lipinski definition) is 1. The maximum Gasteiger partial charge on any atom is 0.167 e. The van der Waals surface area contributed by atoms with Crippen LogP contribution in [0.4, 0.5) is 15.8 Å². The van der Waals surface area contributed by atoms with Gasteiger partial charge in [-0.15, -0.1) is 0 Å². The van der Waals surface area contributed by atoms with E-state index in [1.807, 2.05) is 13.8 Å². The number of nitrogen functional groups attached to an aromatic ring is 1. The molecule has 2 N–H and O–H groups in total. The molecule has 1 aromatic carbocycles. The van der Waals surface area contributed by atoms with Crippen molar-refractivity contribution in [2.75, 3.05) is 17.2 Å². The van der Waals surface area contributed by atoms with Gasteiger partial charge >= 0.3 is 0 Å². The lowest BCUT2D eigenvalue weighted by atomic mass is 10.1. The average Bonchev–Trinajstić information content (AvgIpc) is 2.57. The first-order valence-corrected chi connectivity index (χ1v) is 7.51. The summed E-state index contributed by atoms with van der Waals surface area (Å²) in [6, 6.07) is 3.56. The molecular weight excluding hydrogens is 255 g/mol. The van der Waals surface area contributed by atoms with Crippen molar-refractivity contribution in [3.05, 3.63) is 17.9 Å². The molecule has 1 aliphatic heterocycles. The predicted molar refractivity (Wildman–Crippen MR) is 81.9 cm³/mol. The number of ether oxygens (including phenoxy) is 1. The average molecular weight is 280 g/mol. The number of nitrogens with zero attached hydrogens (tertiary/aromatic N) is 1. The standard InChI is InChI=1S/C16H25FN2O/c1-11(2)20-16-10-15(14(18)9-13(16)17)19-8-6-4-5-7-12(19)3/h9-12H,4-8,18H2,1-3H3. The molecule has 4 heteroatoms. The molecule has 0 aromatic heterocycles. The second-order valence-corrected chi connectivity index (χ2v) is 5.90. The van der Waals surface area contributed by atoms with Crippen LogP contribution in [0.3, 0.4) is 0 Å². The van der Waals surface area contributed by atoms with Crippen LogP contribution in [-0.4, -0.2) is 18.7 Å². The highest BCUT2D eigenvalue weighted by molar-refractivity contribution is 5.70. The lowest BCUT2D eigenvalue weighted by Crippen LogP contribution is -2.33. The van der Waals surface area contributed by atoms with E-state index in [1.54, 1.807) is 6.07 Å². The highest BCUT2D eigenvalue weighted by atomic mass is 19.1. The Kier molecular flexibility index (Phi) is 4.73. The zero-order chi connectivity index (χ0) is 14.7. The Bertz CT molecular complexity index is 462. The van der Waals surface area contributed by atoms with Gasteiger partial charge in [0.25, 0.3) is 0 Å². The summed E-state index contributed by atoms with van der Waals surface area (Å²) in [5.74, 6) is -0.0944. The Morgan fingerprint density at radius 1 is 1.30 bits per heavy atom. The number of rotatable bonds is 3. The van der Waals surface area contributed by atoms with E-state index >= 15 is 0 Å². The van der Waals surface area contributed by atoms with Crippen LogP contribution in [0.2, 0.25) is 0 Å². The van der Waals surface area contributed by atoms with E-state index in [-0.39, 0.29) is 11.9 Å². The third kappa shape index (κ3) is 3.35. The summed E-state index contributed by atoms with van der Waals surface area (Å²) in [6.45, 7) is 6.96. The summed E-state index contributed by atoms with van der Waals surface area (Å²) in [5.41, 5.74) is 7.42. The second-order valence-electron chi connectivity index (χ2n) is 5.90. The van der Waals surface area contributed by atoms with Crippen molar-refractivity contribution < 1.29 is 9.13 Å². The van der Waals surface area contributed by atoms with Gasteiger partial charge in [0, 0.05) is 24.7 Å². The molecule has 0 aliphatic carbocycles. The van der Waals surface area contributed by atoms with Crippen LogP contribution in [0.1, 0.15) is 46.5 Å². The second kappa shape index (κ2) is 6.33. The lowest BCUT2D eigenvalue weighted by Gasteiger charge is -2.31. The van der Waals surface area contributed by atoms with Gasteiger partial charge in [0.2, 0.25) is 0 Å². The molecular formula is C16H25FN2O. The molecule has 1 atom stereocenters. The van der Waals surface area contributed by atoms with Crippen molar-refractivity contribution in [2.45, 2.75) is 58.6 Å². The normalized spacial score (nSPS) is 20.1. The van der Waals surface area contributed by atoms with Gasteiger partial charge in [-0.2, -0.15) is 0 Å². The Morgan fingerprint density at radius 2 is 2.05 bits per heavy atom. The van der Waals surface area contributed by atoms with E-state index in [0.717, 1.165) is 25.1 Å². The van der Waals surface area contributed by atoms with E-state index < -0.39 is 0 Å². The topological polar surface area (TPSA) is 38.5 Å². The van der Waals surface area contributed by atoms with Gasteiger partial charge in [0.15, 0.2) is 11.6 Å². The van der Waals surface area contributed by atoms with Gasteiger partial charge in [-0.05, 0) is 33.6 Å². The molecule has 1 heterocycles. The molecule has 2 rings (SSSR count). The fourth-order valence-corrected chi connectivity index (χ4v) is 2.78. The van der Waals surface area contributed by atoms with Crippen LogP contribution in [0.5, 0.6) is 5.75 Å². The fourth-order valence-electron chi connectivity index (χ4n) is 2.78. The van der Waals surface area contributed by atoms with Crippen molar-refractivity contribution in [3.8, 4) is 5.75 Å². The maximum atomic E-state index is 13.9. The van der Waals surface area contributed by atoms with Crippen LogP contribution >= 0.6 is 0 Å². The van der Waals surface area contributed by atoms with Crippen molar-refractivity contribution >= 4 is 11.4 Å². The quantitative estimate of drug-likeness (QED) is 0.852. The van der Waals surface area contributed by atoms with Gasteiger partial charge in [-0.25, -0.2) is 4.39 Å². The first-order valence-electron chi connectivity index (χ1n) is 7.51. The summed E-state index contributed by atoms with van der Waals surface area (Å²) < 4.78 is 19.5. The van der Waals surface area contributed by atoms with E-state index in [4.69, 9.17) is 10.5 Å². The van der Waals surface area contributed by atoms with Crippen LogP contribution in [0, 0.1) is 5.82 Å². The SMILES string of the molecule is CC(C)Oc1cc(N2CCCCCC2C)c(N)cc1F. The van der Waals surface area contributed by atoms with E-state index in [9.17, 15) is 4.39 Å². The molecule has 0 spiro atoms. The Labute approximate surface area is 120 Å².